The summed E-state index contributed by atoms with van der Waals surface area (Å²) in [5.41, 5.74) is 2.69. The molecule has 17 heavy (non-hydrogen) atoms. The minimum Gasteiger partial charge on any atom is -0.453 e. The van der Waals surface area contributed by atoms with E-state index in [4.69, 9.17) is 0 Å². The Kier molecular flexibility index (Phi) is 3.35. The molecule has 0 atom stereocenters. The van der Waals surface area contributed by atoms with Crippen molar-refractivity contribution in [3.63, 3.8) is 0 Å². The number of pyridine rings is 1. The van der Waals surface area contributed by atoms with Crippen LogP contribution < -0.4 is 5.32 Å². The number of ether oxygens (including phenoxy) is 1. The number of benzene rings is 1. The summed E-state index contributed by atoms with van der Waals surface area (Å²) in [6, 6.07) is 11.3. The summed E-state index contributed by atoms with van der Waals surface area (Å²) < 4.78 is 4.54. The van der Waals surface area contributed by atoms with Gasteiger partial charge in [0.1, 0.15) is 0 Å². The van der Waals surface area contributed by atoms with Crippen LogP contribution in [0.25, 0.3) is 11.1 Å². The highest BCUT2D eigenvalue weighted by molar-refractivity contribution is 5.85. The van der Waals surface area contributed by atoms with Crippen LogP contribution in [0.3, 0.4) is 0 Å². The van der Waals surface area contributed by atoms with Crippen molar-refractivity contribution in [1.82, 2.24) is 4.98 Å². The molecular formula is C13H12N2O2. The van der Waals surface area contributed by atoms with Gasteiger partial charge in [-0.05, 0) is 23.8 Å². The van der Waals surface area contributed by atoms with Crippen LogP contribution in [0, 0.1) is 0 Å². The first kappa shape index (κ1) is 11.1. The van der Waals surface area contributed by atoms with Crippen molar-refractivity contribution >= 4 is 11.8 Å². The van der Waals surface area contributed by atoms with Gasteiger partial charge in [-0.1, -0.05) is 18.2 Å². The molecule has 0 fully saturated rings. The second-order valence-electron chi connectivity index (χ2n) is 3.44. The Labute approximate surface area is 99.3 Å². The topological polar surface area (TPSA) is 51.2 Å². The molecule has 0 saturated carbocycles. The largest absolute Gasteiger partial charge is 0.453 e. The lowest BCUT2D eigenvalue weighted by Gasteiger charge is -2.06. The van der Waals surface area contributed by atoms with Crippen LogP contribution in [0.5, 0.6) is 0 Å². The zero-order valence-corrected chi connectivity index (χ0v) is 9.38. The minimum atomic E-state index is -0.478. The summed E-state index contributed by atoms with van der Waals surface area (Å²) in [5.74, 6) is 0. The number of carbonyl (C=O) groups is 1. The molecule has 0 unspecified atom stereocenters. The van der Waals surface area contributed by atoms with E-state index in [9.17, 15) is 4.79 Å². The zero-order valence-electron chi connectivity index (χ0n) is 9.38. The number of amides is 1. The van der Waals surface area contributed by atoms with E-state index >= 15 is 0 Å². The molecule has 86 valence electrons. The molecule has 4 heteroatoms. The van der Waals surface area contributed by atoms with Crippen molar-refractivity contribution in [3.8, 4) is 11.1 Å². The summed E-state index contributed by atoms with van der Waals surface area (Å²) in [4.78, 5) is 15.1. The molecule has 0 spiro atoms. The number of hydrogen-bond donors (Lipinski definition) is 1. The molecule has 2 rings (SSSR count). The number of nitrogens with one attached hydrogen (secondary N) is 1. The standard InChI is InChI=1S/C13H12N2O2/c1-17-13(16)15-12-6-2-4-10(8-12)11-5-3-7-14-9-11/h2-9H,1H3,(H,15,16). The predicted molar refractivity (Wildman–Crippen MR) is 65.7 cm³/mol. The number of hydrogen-bond acceptors (Lipinski definition) is 3. The van der Waals surface area contributed by atoms with E-state index in [1.165, 1.54) is 7.11 Å². The van der Waals surface area contributed by atoms with Crippen molar-refractivity contribution in [2.24, 2.45) is 0 Å². The second kappa shape index (κ2) is 5.12. The van der Waals surface area contributed by atoms with E-state index in [2.05, 4.69) is 15.0 Å². The van der Waals surface area contributed by atoms with E-state index in [-0.39, 0.29) is 0 Å². The number of nitrogens with zero attached hydrogens (tertiary/aromatic N) is 1. The predicted octanol–water partition coefficient (Wildman–Crippen LogP) is 2.93. The first-order chi connectivity index (χ1) is 8.29. The minimum absolute atomic E-state index is 0.478. The SMILES string of the molecule is COC(=O)Nc1cccc(-c2cccnc2)c1. The normalized spacial score (nSPS) is 9.71. The Morgan fingerprint density at radius 1 is 1.24 bits per heavy atom. The number of methoxy groups -OCH3 is 1. The highest BCUT2D eigenvalue weighted by Crippen LogP contribution is 2.21. The zero-order chi connectivity index (χ0) is 12.1. The van der Waals surface area contributed by atoms with Crippen LogP contribution >= 0.6 is 0 Å². The van der Waals surface area contributed by atoms with Crippen molar-refractivity contribution in [2.75, 3.05) is 12.4 Å². The van der Waals surface area contributed by atoms with Crippen molar-refractivity contribution < 1.29 is 9.53 Å². The highest BCUT2D eigenvalue weighted by Gasteiger charge is 2.02. The first-order valence-electron chi connectivity index (χ1n) is 5.15. The molecule has 4 nitrogen and oxygen atoms in total. The van der Waals surface area contributed by atoms with Gasteiger partial charge in [-0.25, -0.2) is 4.79 Å². The van der Waals surface area contributed by atoms with Gasteiger partial charge in [-0.3, -0.25) is 10.3 Å². The average molecular weight is 228 g/mol. The number of rotatable bonds is 2. The molecule has 0 radical (unpaired) electrons. The number of aromatic nitrogens is 1. The van der Waals surface area contributed by atoms with E-state index in [1.54, 1.807) is 18.5 Å². The fraction of sp³-hybridized carbons (Fsp3) is 0.0769. The van der Waals surface area contributed by atoms with Gasteiger partial charge in [-0.2, -0.15) is 0 Å². The van der Waals surface area contributed by atoms with Gasteiger partial charge < -0.3 is 4.74 Å². The fourth-order valence-corrected chi connectivity index (χ4v) is 1.48. The van der Waals surface area contributed by atoms with Crippen LogP contribution in [0.4, 0.5) is 10.5 Å². The van der Waals surface area contributed by atoms with Gasteiger partial charge >= 0.3 is 6.09 Å². The maximum atomic E-state index is 11.1. The summed E-state index contributed by atoms with van der Waals surface area (Å²) in [6.07, 6.45) is 3.02. The third-order valence-electron chi connectivity index (χ3n) is 2.29. The van der Waals surface area contributed by atoms with Crippen molar-refractivity contribution in [1.29, 1.82) is 0 Å². The summed E-state index contributed by atoms with van der Waals surface area (Å²) in [7, 11) is 1.33. The Bertz CT molecular complexity index is 512. The van der Waals surface area contributed by atoms with Gasteiger partial charge in [0.2, 0.25) is 0 Å². The van der Waals surface area contributed by atoms with Gasteiger partial charge in [-0.15, -0.1) is 0 Å². The molecule has 0 aliphatic heterocycles. The smallest absolute Gasteiger partial charge is 0.411 e. The maximum absolute atomic E-state index is 11.1. The Morgan fingerprint density at radius 2 is 2.06 bits per heavy atom. The average Bonchev–Trinajstić information content (AvgIpc) is 2.40. The summed E-state index contributed by atoms with van der Waals surface area (Å²) in [5, 5.41) is 2.62. The van der Waals surface area contributed by atoms with Gasteiger partial charge in [0.15, 0.2) is 0 Å². The first-order valence-corrected chi connectivity index (χ1v) is 5.15. The molecule has 0 bridgehead atoms. The molecule has 1 heterocycles. The maximum Gasteiger partial charge on any atom is 0.411 e. The molecule has 1 amide bonds. The molecule has 0 aliphatic rings. The molecule has 1 aromatic carbocycles. The lowest BCUT2D eigenvalue weighted by atomic mass is 10.1. The van der Waals surface area contributed by atoms with Crippen molar-refractivity contribution in [2.45, 2.75) is 0 Å². The molecule has 0 saturated heterocycles. The number of carbonyl (C=O) groups excluding carboxylic acids is 1. The summed E-state index contributed by atoms with van der Waals surface area (Å²) >= 11 is 0. The van der Waals surface area contributed by atoms with Gasteiger partial charge in [0.25, 0.3) is 0 Å². The molecule has 1 N–H and O–H groups in total. The van der Waals surface area contributed by atoms with E-state index in [0.29, 0.717) is 5.69 Å². The lowest BCUT2D eigenvalue weighted by molar-refractivity contribution is 0.187. The van der Waals surface area contributed by atoms with Crippen LogP contribution in [-0.4, -0.2) is 18.2 Å². The fourth-order valence-electron chi connectivity index (χ4n) is 1.48. The second-order valence-corrected chi connectivity index (χ2v) is 3.44. The van der Waals surface area contributed by atoms with E-state index < -0.39 is 6.09 Å². The van der Waals surface area contributed by atoms with Gasteiger partial charge in [0.05, 0.1) is 7.11 Å². The summed E-state index contributed by atoms with van der Waals surface area (Å²) in [6.45, 7) is 0. The monoisotopic (exact) mass is 228 g/mol. The Hall–Kier alpha value is -2.36. The lowest BCUT2D eigenvalue weighted by Crippen LogP contribution is -2.10. The molecule has 2 aromatic rings. The Balaban J connectivity index is 2.26. The van der Waals surface area contributed by atoms with E-state index in [1.807, 2.05) is 30.3 Å². The van der Waals surface area contributed by atoms with Crippen LogP contribution in [-0.2, 0) is 4.74 Å². The van der Waals surface area contributed by atoms with Crippen LogP contribution in [0.2, 0.25) is 0 Å². The van der Waals surface area contributed by atoms with Crippen LogP contribution in [0.1, 0.15) is 0 Å². The van der Waals surface area contributed by atoms with Crippen molar-refractivity contribution in [3.05, 3.63) is 48.8 Å². The third-order valence-corrected chi connectivity index (χ3v) is 2.29. The van der Waals surface area contributed by atoms with Gasteiger partial charge in [0, 0.05) is 23.6 Å². The molecule has 1 aromatic heterocycles. The molecule has 0 aliphatic carbocycles. The molecular weight excluding hydrogens is 216 g/mol. The number of anilines is 1. The Morgan fingerprint density at radius 3 is 2.76 bits per heavy atom. The van der Waals surface area contributed by atoms with E-state index in [0.717, 1.165) is 11.1 Å². The van der Waals surface area contributed by atoms with Crippen LogP contribution in [0.15, 0.2) is 48.8 Å². The quantitative estimate of drug-likeness (QED) is 0.859. The highest BCUT2D eigenvalue weighted by atomic mass is 16.5. The third kappa shape index (κ3) is 2.81.